The van der Waals surface area contributed by atoms with Gasteiger partial charge in [0.15, 0.2) is 0 Å². The zero-order valence-corrected chi connectivity index (χ0v) is 13.8. The summed E-state index contributed by atoms with van der Waals surface area (Å²) in [6.45, 7) is 11.1. The van der Waals surface area contributed by atoms with E-state index < -0.39 is 6.10 Å². The summed E-state index contributed by atoms with van der Waals surface area (Å²) in [7, 11) is 0. The van der Waals surface area contributed by atoms with Crippen molar-refractivity contribution < 1.29 is 9.84 Å². The zero-order chi connectivity index (χ0) is 15.4. The smallest absolute Gasteiger partial charge is 0.123 e. The Kier molecular flexibility index (Phi) is 5.65. The molecule has 1 unspecified atom stereocenters. The Balaban J connectivity index is 2.19. The molecule has 0 spiro atoms. The van der Waals surface area contributed by atoms with Crippen molar-refractivity contribution in [3.8, 4) is 5.75 Å². The van der Waals surface area contributed by atoms with Crippen LogP contribution >= 0.6 is 0 Å². The van der Waals surface area contributed by atoms with Crippen LogP contribution in [0, 0.1) is 5.92 Å². The topological polar surface area (TPSA) is 32.7 Å². The highest BCUT2D eigenvalue weighted by atomic mass is 16.5. The van der Waals surface area contributed by atoms with Crippen LogP contribution in [0.15, 0.2) is 18.2 Å². The summed E-state index contributed by atoms with van der Waals surface area (Å²) < 4.78 is 5.77. The maximum absolute atomic E-state index is 9.82. The van der Waals surface area contributed by atoms with Crippen LogP contribution in [0.5, 0.6) is 5.75 Å². The average Bonchev–Trinajstić information content (AvgIpc) is 3.23. The summed E-state index contributed by atoms with van der Waals surface area (Å²) in [4.78, 5) is 2.56. The lowest BCUT2D eigenvalue weighted by molar-refractivity contribution is 0.197. The summed E-state index contributed by atoms with van der Waals surface area (Å²) in [6.07, 6.45) is 2.19. The molecule has 21 heavy (non-hydrogen) atoms. The van der Waals surface area contributed by atoms with Crippen molar-refractivity contribution in [1.82, 2.24) is 4.90 Å². The molecule has 1 fully saturated rings. The molecule has 0 heterocycles. The van der Waals surface area contributed by atoms with Crippen molar-refractivity contribution in [2.24, 2.45) is 5.92 Å². The van der Waals surface area contributed by atoms with Crippen molar-refractivity contribution in [3.63, 3.8) is 0 Å². The third-order valence-corrected chi connectivity index (χ3v) is 3.90. The van der Waals surface area contributed by atoms with E-state index in [4.69, 9.17) is 4.74 Å². The molecule has 0 amide bonds. The molecule has 0 aromatic heterocycles. The van der Waals surface area contributed by atoms with Gasteiger partial charge < -0.3 is 9.84 Å². The third kappa shape index (κ3) is 4.72. The molecular weight excluding hydrogens is 262 g/mol. The Morgan fingerprint density at radius 3 is 2.52 bits per heavy atom. The van der Waals surface area contributed by atoms with Crippen LogP contribution in [-0.4, -0.2) is 29.2 Å². The number of hydrogen-bond donors (Lipinski definition) is 1. The summed E-state index contributed by atoms with van der Waals surface area (Å²) >= 11 is 0. The first kappa shape index (κ1) is 16.3. The third-order valence-electron chi connectivity index (χ3n) is 3.90. The minimum Gasteiger partial charge on any atom is -0.494 e. The predicted molar refractivity (Wildman–Crippen MR) is 86.5 cm³/mol. The normalized spacial score (nSPS) is 16.5. The number of rotatable bonds is 8. The minimum absolute atomic E-state index is 0.432. The number of aliphatic hydroxyl groups is 1. The van der Waals surface area contributed by atoms with Crippen LogP contribution < -0.4 is 4.74 Å². The molecule has 3 heteroatoms. The highest BCUT2D eigenvalue weighted by molar-refractivity contribution is 5.38. The van der Waals surface area contributed by atoms with Crippen LogP contribution in [0.4, 0.5) is 0 Å². The van der Waals surface area contributed by atoms with Gasteiger partial charge in [-0.2, -0.15) is 0 Å². The van der Waals surface area contributed by atoms with Gasteiger partial charge in [0.25, 0.3) is 0 Å². The van der Waals surface area contributed by atoms with Crippen LogP contribution in [0.3, 0.4) is 0 Å². The molecule has 1 atom stereocenters. The molecule has 0 radical (unpaired) electrons. The van der Waals surface area contributed by atoms with Gasteiger partial charge in [-0.1, -0.05) is 19.9 Å². The first-order valence-corrected chi connectivity index (χ1v) is 8.19. The van der Waals surface area contributed by atoms with Gasteiger partial charge in [-0.25, -0.2) is 0 Å². The van der Waals surface area contributed by atoms with Crippen molar-refractivity contribution >= 4 is 0 Å². The van der Waals surface area contributed by atoms with Crippen molar-refractivity contribution in [3.05, 3.63) is 29.3 Å². The fraction of sp³-hybridized carbons (Fsp3) is 0.667. The lowest BCUT2D eigenvalue weighted by Gasteiger charge is -2.25. The van der Waals surface area contributed by atoms with Crippen LogP contribution in [0.1, 0.15) is 57.8 Å². The number of aliphatic hydroxyl groups excluding tert-OH is 1. The number of ether oxygens (including phenoxy) is 1. The Morgan fingerprint density at radius 1 is 1.29 bits per heavy atom. The number of benzene rings is 1. The number of nitrogens with zero attached hydrogens (tertiary/aromatic N) is 1. The molecule has 0 aliphatic heterocycles. The van der Waals surface area contributed by atoms with Gasteiger partial charge in [0.05, 0.1) is 12.7 Å². The quantitative estimate of drug-likeness (QED) is 0.791. The van der Waals surface area contributed by atoms with Gasteiger partial charge in [-0.3, -0.25) is 4.90 Å². The molecule has 2 rings (SSSR count). The standard InChI is InChI=1S/C18H29NO2/c1-5-21-18-9-6-15(14(4)20)10-16(18)12-19(11-13(2)3)17-7-8-17/h6,9-10,13-14,17,20H,5,7-8,11-12H2,1-4H3. The first-order chi connectivity index (χ1) is 10.0. The van der Waals surface area contributed by atoms with Crippen LogP contribution in [0.25, 0.3) is 0 Å². The molecule has 0 bridgehead atoms. The maximum Gasteiger partial charge on any atom is 0.123 e. The monoisotopic (exact) mass is 291 g/mol. The Bertz CT molecular complexity index is 453. The summed E-state index contributed by atoms with van der Waals surface area (Å²) in [6, 6.07) is 6.80. The molecule has 0 saturated heterocycles. The van der Waals surface area contributed by atoms with Gasteiger partial charge in [0, 0.05) is 24.7 Å². The molecular formula is C18H29NO2. The van der Waals surface area contributed by atoms with Gasteiger partial charge >= 0.3 is 0 Å². The van der Waals surface area contributed by atoms with E-state index in [1.165, 1.54) is 18.4 Å². The van der Waals surface area contributed by atoms with Crippen molar-refractivity contribution in [2.45, 2.75) is 59.2 Å². The van der Waals surface area contributed by atoms with Crippen molar-refractivity contribution in [1.29, 1.82) is 0 Å². The highest BCUT2D eigenvalue weighted by Gasteiger charge is 2.29. The molecule has 1 aromatic carbocycles. The zero-order valence-electron chi connectivity index (χ0n) is 13.8. The molecule has 118 valence electrons. The van der Waals surface area contributed by atoms with Gasteiger partial charge in [-0.05, 0) is 50.3 Å². The van der Waals surface area contributed by atoms with Crippen LogP contribution in [0.2, 0.25) is 0 Å². The van der Waals surface area contributed by atoms with E-state index in [0.717, 1.165) is 30.4 Å². The summed E-state index contributed by atoms with van der Waals surface area (Å²) in [5.41, 5.74) is 2.16. The van der Waals surface area contributed by atoms with Crippen molar-refractivity contribution in [2.75, 3.05) is 13.2 Å². The fourth-order valence-corrected chi connectivity index (χ4v) is 2.75. The second kappa shape index (κ2) is 7.28. The van der Waals surface area contributed by atoms with E-state index in [2.05, 4.69) is 24.8 Å². The molecule has 1 aliphatic rings. The SMILES string of the molecule is CCOc1ccc(C(C)O)cc1CN(CC(C)C)C1CC1. The second-order valence-electron chi connectivity index (χ2n) is 6.53. The van der Waals surface area contributed by atoms with Gasteiger partial charge in [-0.15, -0.1) is 0 Å². The Hall–Kier alpha value is -1.06. The maximum atomic E-state index is 9.82. The van der Waals surface area contributed by atoms with E-state index in [9.17, 15) is 5.11 Å². The number of hydrogen-bond acceptors (Lipinski definition) is 3. The van der Waals surface area contributed by atoms with E-state index in [-0.39, 0.29) is 0 Å². The summed E-state index contributed by atoms with van der Waals surface area (Å²) in [5, 5.41) is 9.82. The molecule has 1 aliphatic carbocycles. The van der Waals surface area contributed by atoms with E-state index in [1.807, 2.05) is 26.0 Å². The molecule has 1 aromatic rings. The van der Waals surface area contributed by atoms with Crippen LogP contribution in [-0.2, 0) is 6.54 Å². The average molecular weight is 291 g/mol. The molecule has 1 saturated carbocycles. The Morgan fingerprint density at radius 2 is 2.00 bits per heavy atom. The Labute approximate surface area is 128 Å². The minimum atomic E-state index is -0.432. The highest BCUT2D eigenvalue weighted by Crippen LogP contribution is 2.32. The van der Waals surface area contributed by atoms with Gasteiger partial charge in [0.1, 0.15) is 5.75 Å². The lowest BCUT2D eigenvalue weighted by atomic mass is 10.0. The molecule has 3 nitrogen and oxygen atoms in total. The second-order valence-corrected chi connectivity index (χ2v) is 6.53. The van der Waals surface area contributed by atoms with Gasteiger partial charge in [0.2, 0.25) is 0 Å². The van der Waals surface area contributed by atoms with E-state index >= 15 is 0 Å². The molecule has 1 N–H and O–H groups in total. The first-order valence-electron chi connectivity index (χ1n) is 8.19. The summed E-state index contributed by atoms with van der Waals surface area (Å²) in [5.74, 6) is 1.62. The fourth-order valence-electron chi connectivity index (χ4n) is 2.75. The van der Waals surface area contributed by atoms with E-state index in [1.54, 1.807) is 0 Å². The largest absolute Gasteiger partial charge is 0.494 e. The van der Waals surface area contributed by atoms with E-state index in [0.29, 0.717) is 12.5 Å². The lowest BCUT2D eigenvalue weighted by Crippen LogP contribution is -2.29. The predicted octanol–water partition coefficient (Wildman–Crippen LogP) is 3.76.